The zero-order valence-electron chi connectivity index (χ0n) is 60.5. The topological polar surface area (TPSA) is 125 Å². The van der Waals surface area contributed by atoms with Crippen LogP contribution in [0.25, 0.3) is 149 Å². The standard InChI is InChI=1S/3C32H23N3Si/c1-36(2)30-13-6-4-10-25(30)26-14-15-29-31(32(26)36)27-11-3-5-12-28(27)35(29)24-9-7-8-22(17-24)23-16-21(18-33)19-34-20-23;1-36(2)30-13-6-4-10-24(30)25-14-15-29-31(32(25)36)26-11-3-5-12-28(26)35(29)23-9-7-8-21(18-23)27-20-34-17-16-22(27)19-33;1-36(2)30-13-6-4-10-25(30)26-16-17-29-31(32(26)36)27-11-3-5-12-28(27)35(29)24-9-7-8-21(18-24)22-14-15-23(19-33)34-20-22/h3-17,19-20H,1-2H3;2*3-18,20H,1-2H3. The molecule has 0 saturated carbocycles. The molecule has 0 N–H and O–H groups in total. The number of hydrogen-bond donors (Lipinski definition) is 0. The highest BCUT2D eigenvalue weighted by molar-refractivity contribution is 7.06. The SMILES string of the molecule is C[Si]1(C)c2ccccc2-c2ccc3c(c21)c1ccccc1n3-c1cccc(-c2ccc(C#N)nc2)c1.C[Si]1(C)c2ccccc2-c2ccc3c(c21)c1ccccc1n3-c1cccc(-c2cncc(C#N)c2)c1.C[Si]1(C)c2ccccc2-c2ccc3c(c21)c1ccccc1n3-c1cccc(-c2cnccc2C#N)c1. The second-order valence-electron chi connectivity index (χ2n) is 30.0. The van der Waals surface area contributed by atoms with Gasteiger partial charge >= 0.3 is 0 Å². The van der Waals surface area contributed by atoms with Gasteiger partial charge in [-0.25, -0.2) is 4.98 Å². The van der Waals surface area contributed by atoms with Crippen LogP contribution in [0.5, 0.6) is 0 Å². The third-order valence-corrected chi connectivity index (χ3v) is 33.7. The van der Waals surface area contributed by atoms with Crippen molar-refractivity contribution in [1.82, 2.24) is 28.7 Å². The molecule has 9 nitrogen and oxygen atoms in total. The van der Waals surface area contributed by atoms with E-state index < -0.39 is 24.2 Å². The van der Waals surface area contributed by atoms with Gasteiger partial charge in [-0.1, -0.05) is 221 Å². The van der Waals surface area contributed by atoms with Crippen molar-refractivity contribution in [2.75, 3.05) is 0 Å². The van der Waals surface area contributed by atoms with Crippen molar-refractivity contribution in [3.8, 4) is 102 Å². The molecule has 0 atom stereocenters. The Bertz CT molecular complexity index is 6970. The van der Waals surface area contributed by atoms with Gasteiger partial charge in [-0.3, -0.25) is 9.97 Å². The fraction of sp³-hybridized carbons (Fsp3) is 0.0625. The molecule has 0 aliphatic carbocycles. The maximum Gasteiger partial charge on any atom is 0.140 e. The van der Waals surface area contributed by atoms with Crippen LogP contribution in [0.1, 0.15) is 16.8 Å². The molecule has 0 saturated heterocycles. The zero-order valence-corrected chi connectivity index (χ0v) is 63.5. The summed E-state index contributed by atoms with van der Waals surface area (Å²) in [5.41, 5.74) is 26.6. The normalized spacial score (nSPS) is 13.5. The number of pyridine rings is 3. The Balaban J connectivity index is 0.000000110. The molecule has 0 bridgehead atoms. The molecule has 0 fully saturated rings. The fourth-order valence-corrected chi connectivity index (χ4v) is 28.7. The summed E-state index contributed by atoms with van der Waals surface area (Å²) in [5.74, 6) is 0. The fourth-order valence-electron chi connectivity index (χ4n) is 18.3. The number of para-hydroxylation sites is 3. The van der Waals surface area contributed by atoms with Gasteiger partial charge in [-0.15, -0.1) is 0 Å². The molecule has 0 spiro atoms. The third-order valence-electron chi connectivity index (χ3n) is 23.0. The quantitative estimate of drug-likeness (QED) is 0.153. The van der Waals surface area contributed by atoms with Crippen LogP contribution in [0.3, 0.4) is 0 Å². The van der Waals surface area contributed by atoms with Crippen LogP contribution in [0.2, 0.25) is 39.3 Å². The predicted molar refractivity (Wildman–Crippen MR) is 453 cm³/mol. The molecular weight excluding hydrogens is 1360 g/mol. The summed E-state index contributed by atoms with van der Waals surface area (Å²) < 4.78 is 7.17. The van der Waals surface area contributed by atoms with Crippen LogP contribution in [0.15, 0.2) is 310 Å². The number of aromatic nitrogens is 6. The van der Waals surface area contributed by atoms with Gasteiger partial charge in [0.1, 0.15) is 42.1 Å². The average Bonchev–Trinajstić information content (AvgIpc) is 1.55. The minimum atomic E-state index is -1.88. The van der Waals surface area contributed by atoms with Gasteiger partial charge in [0.2, 0.25) is 0 Å². The van der Waals surface area contributed by atoms with Crippen LogP contribution in [-0.2, 0) is 0 Å². The number of nitrogens with zero attached hydrogens (tertiary/aromatic N) is 9. The molecule has 21 rings (SSSR count). The first-order valence-electron chi connectivity index (χ1n) is 36.6. The van der Waals surface area contributed by atoms with Crippen LogP contribution in [0, 0.1) is 34.0 Å². The van der Waals surface area contributed by atoms with Crippen LogP contribution in [-0.4, -0.2) is 52.9 Å². The third kappa shape index (κ3) is 10.0. The molecule has 3 aliphatic heterocycles. The smallest absolute Gasteiger partial charge is 0.140 e. The lowest BCUT2D eigenvalue weighted by molar-refractivity contribution is 1.18. The second-order valence-corrected chi connectivity index (χ2v) is 42.9. The molecular formula is C96H69N9Si3. The van der Waals surface area contributed by atoms with Gasteiger partial charge < -0.3 is 13.7 Å². The summed E-state index contributed by atoms with van der Waals surface area (Å²) in [7, 11) is -5.63. The Morgan fingerprint density at radius 3 is 1.13 bits per heavy atom. The average molecular weight is 1430 g/mol. The predicted octanol–water partition coefficient (Wildman–Crippen LogP) is 19.6. The van der Waals surface area contributed by atoms with Crippen molar-refractivity contribution in [2.45, 2.75) is 39.3 Å². The van der Waals surface area contributed by atoms with E-state index in [-0.39, 0.29) is 0 Å². The van der Waals surface area contributed by atoms with E-state index in [1.807, 2.05) is 18.3 Å². The minimum Gasteiger partial charge on any atom is -0.309 e. The van der Waals surface area contributed by atoms with Gasteiger partial charge in [0.25, 0.3) is 0 Å². The maximum absolute atomic E-state index is 9.65. The first-order chi connectivity index (χ1) is 52.7. The Morgan fingerprint density at radius 2 is 0.704 bits per heavy atom. The molecule has 0 unspecified atom stereocenters. The van der Waals surface area contributed by atoms with E-state index in [0.717, 1.165) is 50.4 Å². The summed E-state index contributed by atoms with van der Waals surface area (Å²) in [6.07, 6.45) is 8.65. The van der Waals surface area contributed by atoms with Crippen LogP contribution in [0.4, 0.5) is 0 Å². The van der Waals surface area contributed by atoms with Gasteiger partial charge in [0, 0.05) is 97.1 Å². The molecule has 12 heteroatoms. The van der Waals surface area contributed by atoms with E-state index >= 15 is 0 Å². The summed E-state index contributed by atoms with van der Waals surface area (Å²) >= 11 is 0. The lowest BCUT2D eigenvalue weighted by atomic mass is 10.0. The van der Waals surface area contributed by atoms with E-state index in [1.165, 1.54) is 120 Å². The summed E-state index contributed by atoms with van der Waals surface area (Å²) in [6, 6.07) is 107. The number of rotatable bonds is 6. The molecule has 0 amide bonds. The van der Waals surface area contributed by atoms with Crippen LogP contribution >= 0.6 is 0 Å². The first-order valence-corrected chi connectivity index (χ1v) is 45.6. The second kappa shape index (κ2) is 25.2. The van der Waals surface area contributed by atoms with Gasteiger partial charge in [-0.05, 0) is 178 Å². The van der Waals surface area contributed by atoms with Crippen molar-refractivity contribution < 1.29 is 0 Å². The van der Waals surface area contributed by atoms with Crippen molar-refractivity contribution in [1.29, 1.82) is 15.8 Å². The lowest BCUT2D eigenvalue weighted by Crippen LogP contribution is -2.49. The van der Waals surface area contributed by atoms with Gasteiger partial charge in [-0.2, -0.15) is 15.8 Å². The Morgan fingerprint density at radius 1 is 0.287 bits per heavy atom. The molecule has 510 valence electrons. The molecule has 108 heavy (non-hydrogen) atoms. The highest BCUT2D eigenvalue weighted by Crippen LogP contribution is 2.43. The Kier molecular flexibility index (Phi) is 15.2. The molecule has 12 aromatic carbocycles. The molecule has 0 radical (unpaired) electrons. The molecule has 3 aliphatic rings. The van der Waals surface area contributed by atoms with Crippen molar-refractivity contribution in [3.63, 3.8) is 0 Å². The van der Waals surface area contributed by atoms with Gasteiger partial charge in [0.05, 0.1) is 50.3 Å². The maximum atomic E-state index is 9.65. The summed E-state index contributed by atoms with van der Waals surface area (Å²) in [4.78, 5) is 12.8. The number of hydrogen-bond acceptors (Lipinski definition) is 6. The van der Waals surface area contributed by atoms with Gasteiger partial charge in [0.15, 0.2) is 0 Å². The van der Waals surface area contributed by atoms with E-state index in [0.29, 0.717) is 16.8 Å². The summed E-state index contributed by atoms with van der Waals surface area (Å²) in [5, 5.41) is 45.4. The van der Waals surface area contributed by atoms with E-state index in [9.17, 15) is 10.5 Å². The first kappa shape index (κ1) is 65.4. The largest absolute Gasteiger partial charge is 0.309 e. The number of benzene rings is 12. The number of nitriles is 3. The van der Waals surface area contributed by atoms with Crippen molar-refractivity contribution in [2.24, 2.45) is 0 Å². The van der Waals surface area contributed by atoms with E-state index in [2.05, 4.69) is 341 Å². The van der Waals surface area contributed by atoms with Crippen molar-refractivity contribution in [3.05, 3.63) is 327 Å². The Hall–Kier alpha value is -13.4. The van der Waals surface area contributed by atoms with E-state index in [4.69, 9.17) is 5.26 Å². The van der Waals surface area contributed by atoms with Crippen LogP contribution < -0.4 is 31.1 Å². The molecule has 18 aromatic rings. The molecule has 9 heterocycles. The Labute approximate surface area is 629 Å². The number of fused-ring (bicyclic) bond motifs is 21. The van der Waals surface area contributed by atoms with E-state index in [1.54, 1.807) is 47.3 Å². The highest BCUT2D eigenvalue weighted by atomic mass is 28.3. The van der Waals surface area contributed by atoms with Crippen molar-refractivity contribution >= 4 is 121 Å². The molecule has 6 aromatic heterocycles. The highest BCUT2D eigenvalue weighted by Gasteiger charge is 2.43. The monoisotopic (exact) mass is 1430 g/mol. The minimum absolute atomic E-state index is 0.430. The summed E-state index contributed by atoms with van der Waals surface area (Å²) in [6.45, 7) is 14.9. The zero-order chi connectivity index (χ0) is 73.3. The lowest BCUT2D eigenvalue weighted by Gasteiger charge is -2.20.